The quantitative estimate of drug-likeness (QED) is 0.582. The molecule has 0 bridgehead atoms. The van der Waals surface area contributed by atoms with Crippen molar-refractivity contribution in [1.29, 1.82) is 5.41 Å². The smallest absolute Gasteiger partial charge is 0.127 e. The lowest BCUT2D eigenvalue weighted by Crippen LogP contribution is -2.34. The maximum Gasteiger partial charge on any atom is 0.127 e. The molecule has 0 amide bonds. The van der Waals surface area contributed by atoms with Crippen molar-refractivity contribution in [2.45, 2.75) is 20.8 Å². The van der Waals surface area contributed by atoms with E-state index in [-0.39, 0.29) is 5.41 Å². The molecule has 0 aromatic heterocycles. The van der Waals surface area contributed by atoms with Gasteiger partial charge in [-0.15, -0.1) is 0 Å². The van der Waals surface area contributed by atoms with Crippen molar-refractivity contribution in [2.24, 2.45) is 5.41 Å². The molecule has 0 saturated heterocycles. The van der Waals surface area contributed by atoms with Gasteiger partial charge in [0.1, 0.15) is 5.84 Å². The van der Waals surface area contributed by atoms with Crippen molar-refractivity contribution in [3.8, 4) is 0 Å². The first-order valence-electron chi connectivity index (χ1n) is 5.25. The van der Waals surface area contributed by atoms with Gasteiger partial charge in [-0.1, -0.05) is 51.1 Å². The molecule has 2 heteroatoms. The molecule has 82 valence electrons. The first kappa shape index (κ1) is 11.8. The predicted octanol–water partition coefficient (Wildman–Crippen LogP) is 2.99. The van der Waals surface area contributed by atoms with Crippen LogP contribution >= 0.6 is 0 Å². The van der Waals surface area contributed by atoms with Gasteiger partial charge in [-0.05, 0) is 5.41 Å². The highest BCUT2D eigenvalue weighted by Crippen LogP contribution is 2.15. The van der Waals surface area contributed by atoms with Crippen LogP contribution in [-0.2, 0) is 0 Å². The number of hydrogen-bond donors (Lipinski definition) is 1. The van der Waals surface area contributed by atoms with Gasteiger partial charge in [0.05, 0.1) is 0 Å². The maximum atomic E-state index is 8.04. The Hall–Kier alpha value is -1.31. The van der Waals surface area contributed by atoms with E-state index in [2.05, 4.69) is 20.8 Å². The van der Waals surface area contributed by atoms with Crippen LogP contribution in [0.3, 0.4) is 0 Å². The summed E-state index contributed by atoms with van der Waals surface area (Å²) in [6.07, 6.45) is 0. The highest BCUT2D eigenvalue weighted by molar-refractivity contribution is 5.96. The van der Waals surface area contributed by atoms with Gasteiger partial charge in [0.15, 0.2) is 0 Å². The molecule has 0 saturated carbocycles. The van der Waals surface area contributed by atoms with Crippen molar-refractivity contribution in [1.82, 2.24) is 4.90 Å². The number of amidine groups is 1. The molecule has 0 aliphatic carbocycles. The molecule has 1 aromatic rings. The molecule has 0 aliphatic heterocycles. The normalized spacial score (nSPS) is 11.2. The first-order valence-corrected chi connectivity index (χ1v) is 5.25. The number of benzene rings is 1. The fraction of sp³-hybridized carbons (Fsp3) is 0.462. The number of rotatable bonds is 2. The summed E-state index contributed by atoms with van der Waals surface area (Å²) in [5, 5.41) is 8.04. The fourth-order valence-corrected chi connectivity index (χ4v) is 1.61. The summed E-state index contributed by atoms with van der Waals surface area (Å²) in [5.74, 6) is 0.588. The molecule has 15 heavy (non-hydrogen) atoms. The molecule has 1 N–H and O–H groups in total. The van der Waals surface area contributed by atoms with Gasteiger partial charge >= 0.3 is 0 Å². The van der Waals surface area contributed by atoms with Gasteiger partial charge in [-0.3, -0.25) is 5.41 Å². The third-order valence-electron chi connectivity index (χ3n) is 2.14. The van der Waals surface area contributed by atoms with Gasteiger partial charge in [0.25, 0.3) is 0 Å². The van der Waals surface area contributed by atoms with E-state index in [4.69, 9.17) is 5.41 Å². The van der Waals surface area contributed by atoms with E-state index in [1.54, 1.807) is 0 Å². The van der Waals surface area contributed by atoms with Crippen LogP contribution in [0.25, 0.3) is 0 Å². The Morgan fingerprint density at radius 1 is 1.20 bits per heavy atom. The van der Waals surface area contributed by atoms with E-state index < -0.39 is 0 Å². The average molecular weight is 204 g/mol. The lowest BCUT2D eigenvalue weighted by atomic mass is 9.96. The molecule has 0 aliphatic rings. The summed E-state index contributed by atoms with van der Waals surface area (Å²) in [7, 11) is 1.97. The van der Waals surface area contributed by atoms with E-state index >= 15 is 0 Å². The average Bonchev–Trinajstić information content (AvgIpc) is 2.15. The van der Waals surface area contributed by atoms with E-state index in [1.807, 2.05) is 42.3 Å². The standard InChI is InChI=1S/C13H20N2/c1-13(2,3)10-15(4)12(14)11-8-6-5-7-9-11/h5-9,14H,10H2,1-4H3. The molecule has 0 heterocycles. The summed E-state index contributed by atoms with van der Waals surface area (Å²) < 4.78 is 0. The SMILES string of the molecule is CN(CC(C)(C)C)C(=N)c1ccccc1. The zero-order chi connectivity index (χ0) is 11.5. The third kappa shape index (κ3) is 3.74. The highest BCUT2D eigenvalue weighted by atomic mass is 15.1. The van der Waals surface area contributed by atoms with Crippen LogP contribution in [0.1, 0.15) is 26.3 Å². The lowest BCUT2D eigenvalue weighted by molar-refractivity contribution is 0.305. The number of nitrogens with one attached hydrogen (secondary N) is 1. The minimum atomic E-state index is 0.218. The second-order valence-corrected chi connectivity index (χ2v) is 5.13. The van der Waals surface area contributed by atoms with Crippen molar-refractivity contribution in [3.63, 3.8) is 0 Å². The predicted molar refractivity (Wildman–Crippen MR) is 65.4 cm³/mol. The molecular formula is C13H20N2. The third-order valence-corrected chi connectivity index (χ3v) is 2.14. The van der Waals surface area contributed by atoms with E-state index in [9.17, 15) is 0 Å². The summed E-state index contributed by atoms with van der Waals surface area (Å²) >= 11 is 0. The first-order chi connectivity index (χ1) is 6.90. The van der Waals surface area contributed by atoms with Gasteiger partial charge in [-0.25, -0.2) is 0 Å². The Morgan fingerprint density at radius 2 is 1.73 bits per heavy atom. The van der Waals surface area contributed by atoms with Crippen LogP contribution < -0.4 is 0 Å². The Bertz CT molecular complexity index is 322. The highest BCUT2D eigenvalue weighted by Gasteiger charge is 2.16. The fourth-order valence-electron chi connectivity index (χ4n) is 1.61. The van der Waals surface area contributed by atoms with E-state index in [0.717, 1.165) is 12.1 Å². The van der Waals surface area contributed by atoms with Gasteiger partial charge in [0, 0.05) is 19.2 Å². The minimum Gasteiger partial charge on any atom is -0.359 e. The van der Waals surface area contributed by atoms with Crippen LogP contribution in [0.5, 0.6) is 0 Å². The second-order valence-electron chi connectivity index (χ2n) is 5.13. The Labute approximate surface area is 92.4 Å². The molecule has 0 fully saturated rings. The molecule has 1 rings (SSSR count). The van der Waals surface area contributed by atoms with Crippen LogP contribution in [0.2, 0.25) is 0 Å². The summed E-state index contributed by atoms with van der Waals surface area (Å²) in [6.45, 7) is 7.44. The van der Waals surface area contributed by atoms with Gasteiger partial charge in [0.2, 0.25) is 0 Å². The molecular weight excluding hydrogens is 184 g/mol. The summed E-state index contributed by atoms with van der Waals surface area (Å²) in [4.78, 5) is 2.00. The van der Waals surface area contributed by atoms with Crippen LogP contribution in [0.15, 0.2) is 30.3 Å². The van der Waals surface area contributed by atoms with E-state index in [0.29, 0.717) is 5.84 Å². The summed E-state index contributed by atoms with van der Waals surface area (Å²) in [5.41, 5.74) is 1.19. The monoisotopic (exact) mass is 204 g/mol. The van der Waals surface area contributed by atoms with Crippen molar-refractivity contribution in [3.05, 3.63) is 35.9 Å². The molecule has 0 atom stereocenters. The van der Waals surface area contributed by atoms with Gasteiger partial charge < -0.3 is 4.90 Å². The topological polar surface area (TPSA) is 27.1 Å². The van der Waals surface area contributed by atoms with E-state index in [1.165, 1.54) is 0 Å². The van der Waals surface area contributed by atoms with Crippen LogP contribution in [-0.4, -0.2) is 24.3 Å². The van der Waals surface area contributed by atoms with Crippen molar-refractivity contribution >= 4 is 5.84 Å². The zero-order valence-corrected chi connectivity index (χ0v) is 10.0. The van der Waals surface area contributed by atoms with Gasteiger partial charge in [-0.2, -0.15) is 0 Å². The minimum absolute atomic E-state index is 0.218. The van der Waals surface area contributed by atoms with Crippen LogP contribution in [0.4, 0.5) is 0 Å². The number of hydrogen-bond acceptors (Lipinski definition) is 1. The molecule has 0 spiro atoms. The van der Waals surface area contributed by atoms with Crippen LogP contribution in [0, 0.1) is 10.8 Å². The zero-order valence-electron chi connectivity index (χ0n) is 10.0. The maximum absolute atomic E-state index is 8.04. The molecule has 0 radical (unpaired) electrons. The van der Waals surface area contributed by atoms with Crippen molar-refractivity contribution < 1.29 is 0 Å². The number of nitrogens with zero attached hydrogens (tertiary/aromatic N) is 1. The Morgan fingerprint density at radius 3 is 2.20 bits per heavy atom. The summed E-state index contributed by atoms with van der Waals surface area (Å²) in [6, 6.07) is 9.85. The molecule has 2 nitrogen and oxygen atoms in total. The molecule has 0 unspecified atom stereocenters. The largest absolute Gasteiger partial charge is 0.359 e. The Balaban J connectivity index is 2.70. The Kier molecular flexibility index (Phi) is 3.51. The molecule has 1 aromatic carbocycles. The lowest BCUT2D eigenvalue weighted by Gasteiger charge is -2.28. The van der Waals surface area contributed by atoms with Crippen molar-refractivity contribution in [2.75, 3.05) is 13.6 Å². The second kappa shape index (κ2) is 4.47.